The molecule has 4 nitrogen and oxygen atoms in total. The number of aliphatic imine (C=N–C) groups is 1. The summed E-state index contributed by atoms with van der Waals surface area (Å²) in [6, 6.07) is 14.3. The number of aromatic amines is 1. The van der Waals surface area contributed by atoms with Crippen molar-refractivity contribution >= 4 is 22.8 Å². The van der Waals surface area contributed by atoms with Gasteiger partial charge in [-0.25, -0.2) is 0 Å². The Kier molecular flexibility index (Phi) is 2.68. The van der Waals surface area contributed by atoms with Crippen LogP contribution in [0.4, 0.5) is 5.69 Å². The number of para-hydroxylation sites is 1. The molecule has 4 heteroatoms. The molecule has 3 rings (SSSR count). The van der Waals surface area contributed by atoms with E-state index in [0.29, 0.717) is 5.56 Å². The SMILES string of the molecule is Oc1ccc2[nH]c(O)c(C=Nc3ccccc3)c2c1. The molecular formula is C15H12N2O2. The highest BCUT2D eigenvalue weighted by molar-refractivity contribution is 6.03. The van der Waals surface area contributed by atoms with Gasteiger partial charge in [0.2, 0.25) is 0 Å². The van der Waals surface area contributed by atoms with Crippen LogP contribution in [0, 0.1) is 0 Å². The van der Waals surface area contributed by atoms with Gasteiger partial charge < -0.3 is 15.2 Å². The van der Waals surface area contributed by atoms with Gasteiger partial charge in [-0.1, -0.05) is 18.2 Å². The van der Waals surface area contributed by atoms with Gasteiger partial charge in [-0.05, 0) is 30.3 Å². The summed E-state index contributed by atoms with van der Waals surface area (Å²) in [5.41, 5.74) is 2.12. The molecule has 0 amide bonds. The van der Waals surface area contributed by atoms with Crippen LogP contribution in [0.15, 0.2) is 53.5 Å². The lowest BCUT2D eigenvalue weighted by Crippen LogP contribution is -1.78. The maximum Gasteiger partial charge on any atom is 0.198 e. The Morgan fingerprint density at radius 3 is 2.58 bits per heavy atom. The number of fused-ring (bicyclic) bond motifs is 1. The number of rotatable bonds is 2. The second kappa shape index (κ2) is 4.49. The fourth-order valence-electron chi connectivity index (χ4n) is 1.97. The highest BCUT2D eigenvalue weighted by Crippen LogP contribution is 2.28. The highest BCUT2D eigenvalue weighted by atomic mass is 16.3. The summed E-state index contributed by atoms with van der Waals surface area (Å²) < 4.78 is 0. The van der Waals surface area contributed by atoms with E-state index in [-0.39, 0.29) is 11.6 Å². The molecule has 0 aliphatic rings. The summed E-state index contributed by atoms with van der Waals surface area (Å²) in [6.07, 6.45) is 1.59. The summed E-state index contributed by atoms with van der Waals surface area (Å²) in [6.45, 7) is 0. The van der Waals surface area contributed by atoms with Crippen molar-refractivity contribution in [1.82, 2.24) is 4.98 Å². The third kappa shape index (κ3) is 2.15. The smallest absolute Gasteiger partial charge is 0.198 e. The van der Waals surface area contributed by atoms with E-state index in [1.165, 1.54) is 0 Å². The summed E-state index contributed by atoms with van der Waals surface area (Å²) in [4.78, 5) is 7.15. The van der Waals surface area contributed by atoms with Crippen molar-refractivity contribution in [2.75, 3.05) is 0 Å². The van der Waals surface area contributed by atoms with Gasteiger partial charge >= 0.3 is 0 Å². The average molecular weight is 252 g/mol. The molecule has 3 aromatic rings. The van der Waals surface area contributed by atoms with Crippen LogP contribution in [0.25, 0.3) is 10.9 Å². The minimum atomic E-state index is 0.0419. The molecular weight excluding hydrogens is 240 g/mol. The van der Waals surface area contributed by atoms with Crippen LogP contribution in [0.2, 0.25) is 0 Å². The first-order valence-electron chi connectivity index (χ1n) is 5.87. The van der Waals surface area contributed by atoms with E-state index >= 15 is 0 Å². The van der Waals surface area contributed by atoms with Crippen molar-refractivity contribution in [2.24, 2.45) is 4.99 Å². The maximum atomic E-state index is 9.87. The van der Waals surface area contributed by atoms with Crippen LogP contribution in [0.1, 0.15) is 5.56 Å². The molecule has 1 heterocycles. The topological polar surface area (TPSA) is 68.6 Å². The predicted octanol–water partition coefficient (Wildman–Crippen LogP) is 3.33. The quantitative estimate of drug-likeness (QED) is 0.612. The summed E-state index contributed by atoms with van der Waals surface area (Å²) >= 11 is 0. The molecule has 0 radical (unpaired) electrons. The van der Waals surface area contributed by atoms with Crippen LogP contribution in [0.5, 0.6) is 11.6 Å². The molecule has 0 unspecified atom stereocenters. The maximum absolute atomic E-state index is 9.87. The highest BCUT2D eigenvalue weighted by Gasteiger charge is 2.09. The van der Waals surface area contributed by atoms with Crippen molar-refractivity contribution in [3.63, 3.8) is 0 Å². The summed E-state index contributed by atoms with van der Waals surface area (Å²) in [5.74, 6) is 0.196. The third-order valence-corrected chi connectivity index (χ3v) is 2.90. The minimum absolute atomic E-state index is 0.0419. The van der Waals surface area contributed by atoms with E-state index in [1.54, 1.807) is 24.4 Å². The van der Waals surface area contributed by atoms with Crippen molar-refractivity contribution < 1.29 is 10.2 Å². The Hall–Kier alpha value is -2.75. The molecule has 2 aromatic carbocycles. The van der Waals surface area contributed by atoms with Crippen LogP contribution in [-0.2, 0) is 0 Å². The number of aromatic nitrogens is 1. The van der Waals surface area contributed by atoms with Gasteiger partial charge in [-0.15, -0.1) is 0 Å². The van der Waals surface area contributed by atoms with Gasteiger partial charge in [-0.2, -0.15) is 0 Å². The Morgan fingerprint density at radius 1 is 1.00 bits per heavy atom. The lowest BCUT2D eigenvalue weighted by Gasteiger charge is -1.95. The molecule has 0 fully saturated rings. The van der Waals surface area contributed by atoms with Crippen molar-refractivity contribution in [3.8, 4) is 11.6 Å². The Balaban J connectivity index is 2.07. The number of nitrogens with zero attached hydrogens (tertiary/aromatic N) is 1. The van der Waals surface area contributed by atoms with Gasteiger partial charge in [0.25, 0.3) is 0 Å². The lowest BCUT2D eigenvalue weighted by atomic mass is 10.2. The zero-order valence-corrected chi connectivity index (χ0v) is 10.0. The molecule has 0 spiro atoms. The van der Waals surface area contributed by atoms with Crippen LogP contribution in [0.3, 0.4) is 0 Å². The van der Waals surface area contributed by atoms with E-state index in [4.69, 9.17) is 0 Å². The first-order valence-corrected chi connectivity index (χ1v) is 5.87. The zero-order valence-electron chi connectivity index (χ0n) is 10.0. The second-order valence-corrected chi connectivity index (χ2v) is 4.21. The lowest BCUT2D eigenvalue weighted by molar-refractivity contribution is 0.457. The zero-order chi connectivity index (χ0) is 13.2. The number of phenols is 1. The largest absolute Gasteiger partial charge is 0.508 e. The summed E-state index contributed by atoms with van der Waals surface area (Å²) in [7, 11) is 0. The monoisotopic (exact) mass is 252 g/mol. The van der Waals surface area contributed by atoms with Crippen molar-refractivity contribution in [2.45, 2.75) is 0 Å². The van der Waals surface area contributed by atoms with Gasteiger partial charge in [-0.3, -0.25) is 4.99 Å². The first kappa shape index (κ1) is 11.3. The van der Waals surface area contributed by atoms with Crippen LogP contribution >= 0.6 is 0 Å². The Bertz CT molecular complexity index is 745. The van der Waals surface area contributed by atoms with E-state index < -0.39 is 0 Å². The van der Waals surface area contributed by atoms with E-state index in [0.717, 1.165) is 16.6 Å². The van der Waals surface area contributed by atoms with Crippen LogP contribution < -0.4 is 0 Å². The Labute approximate surface area is 109 Å². The molecule has 0 aliphatic heterocycles. The van der Waals surface area contributed by atoms with Gasteiger partial charge in [0.1, 0.15) is 5.75 Å². The van der Waals surface area contributed by atoms with Crippen molar-refractivity contribution in [1.29, 1.82) is 0 Å². The number of H-pyrrole nitrogens is 1. The van der Waals surface area contributed by atoms with E-state index in [1.807, 2.05) is 30.3 Å². The number of phenolic OH excluding ortho intramolecular Hbond substituents is 1. The molecule has 0 atom stereocenters. The number of hydrogen-bond donors (Lipinski definition) is 3. The fourth-order valence-corrected chi connectivity index (χ4v) is 1.97. The second-order valence-electron chi connectivity index (χ2n) is 4.21. The number of nitrogens with one attached hydrogen (secondary N) is 1. The van der Waals surface area contributed by atoms with Gasteiger partial charge in [0.05, 0.1) is 11.3 Å². The number of hydrogen-bond acceptors (Lipinski definition) is 3. The molecule has 0 saturated heterocycles. The normalized spacial score (nSPS) is 11.4. The van der Waals surface area contributed by atoms with Gasteiger partial charge in [0, 0.05) is 17.1 Å². The molecule has 0 saturated carbocycles. The molecule has 94 valence electrons. The molecule has 0 aliphatic carbocycles. The average Bonchev–Trinajstić information content (AvgIpc) is 2.73. The third-order valence-electron chi connectivity index (χ3n) is 2.90. The van der Waals surface area contributed by atoms with E-state index in [9.17, 15) is 10.2 Å². The summed E-state index contributed by atoms with van der Waals surface area (Å²) in [5, 5.41) is 20.1. The van der Waals surface area contributed by atoms with Crippen LogP contribution in [-0.4, -0.2) is 21.4 Å². The molecule has 19 heavy (non-hydrogen) atoms. The molecule has 3 N–H and O–H groups in total. The number of aromatic hydroxyl groups is 2. The Morgan fingerprint density at radius 2 is 1.79 bits per heavy atom. The molecule has 1 aromatic heterocycles. The standard InChI is InChI=1S/C15H12N2O2/c18-11-6-7-14-12(8-11)13(15(19)17-14)9-16-10-4-2-1-3-5-10/h1-9,17-19H. The van der Waals surface area contributed by atoms with Crippen molar-refractivity contribution in [3.05, 3.63) is 54.1 Å². The fraction of sp³-hybridized carbons (Fsp3) is 0. The minimum Gasteiger partial charge on any atom is -0.508 e. The number of benzene rings is 2. The predicted molar refractivity (Wildman–Crippen MR) is 75.3 cm³/mol. The van der Waals surface area contributed by atoms with E-state index in [2.05, 4.69) is 9.98 Å². The molecule has 0 bridgehead atoms. The van der Waals surface area contributed by atoms with Gasteiger partial charge in [0.15, 0.2) is 5.88 Å². The first-order chi connectivity index (χ1) is 9.24.